The van der Waals surface area contributed by atoms with Gasteiger partial charge >= 0.3 is 0 Å². The maximum Gasteiger partial charge on any atom is 0.164 e. The van der Waals surface area contributed by atoms with E-state index in [1.165, 1.54) is 47.2 Å². The molecule has 1 aliphatic heterocycles. The van der Waals surface area contributed by atoms with Crippen LogP contribution in [0, 0.1) is 18.6 Å². The predicted octanol–water partition coefficient (Wildman–Crippen LogP) is 10.5. The molecule has 2 saturated carbocycles. The highest BCUT2D eigenvalue weighted by Gasteiger charge is 2.30. The fourth-order valence-corrected chi connectivity index (χ4v) is 8.26. The van der Waals surface area contributed by atoms with Crippen molar-refractivity contribution in [1.29, 1.82) is 0 Å². The molecular weight excluding hydrogens is 681 g/mol. The summed E-state index contributed by atoms with van der Waals surface area (Å²) in [6, 6.07) is 26.0. The van der Waals surface area contributed by atoms with Crippen molar-refractivity contribution in [1.82, 2.24) is 9.88 Å². The first-order valence-corrected chi connectivity index (χ1v) is 19.2. The second-order valence-corrected chi connectivity index (χ2v) is 15.2. The van der Waals surface area contributed by atoms with E-state index in [2.05, 4.69) is 71.3 Å². The van der Waals surface area contributed by atoms with Crippen LogP contribution in [0.1, 0.15) is 78.2 Å². The van der Waals surface area contributed by atoms with Crippen molar-refractivity contribution >= 4 is 5.69 Å². The highest BCUT2D eigenvalue weighted by atomic mass is 19.2. The highest BCUT2D eigenvalue weighted by molar-refractivity contribution is 5.71. The van der Waals surface area contributed by atoms with Crippen LogP contribution in [0.5, 0.6) is 17.2 Å². The van der Waals surface area contributed by atoms with Crippen LogP contribution < -0.4 is 19.1 Å². The first-order valence-electron chi connectivity index (χ1n) is 19.2. The van der Waals surface area contributed by atoms with Gasteiger partial charge in [0.1, 0.15) is 5.75 Å². The van der Waals surface area contributed by atoms with E-state index in [4.69, 9.17) is 19.2 Å². The molecule has 6 nitrogen and oxygen atoms in total. The van der Waals surface area contributed by atoms with Gasteiger partial charge in [0.2, 0.25) is 0 Å². The van der Waals surface area contributed by atoms with Crippen LogP contribution in [-0.2, 0) is 13.1 Å². The smallest absolute Gasteiger partial charge is 0.164 e. The fourth-order valence-electron chi connectivity index (χ4n) is 8.26. The number of pyridine rings is 1. The van der Waals surface area contributed by atoms with Crippen molar-refractivity contribution < 1.29 is 23.0 Å². The van der Waals surface area contributed by atoms with E-state index in [1.807, 2.05) is 12.3 Å². The minimum absolute atomic E-state index is 0.159. The molecule has 2 heterocycles. The van der Waals surface area contributed by atoms with Gasteiger partial charge in [-0.15, -0.1) is 0 Å². The third kappa shape index (κ3) is 7.67. The zero-order valence-corrected chi connectivity index (χ0v) is 31.7. The number of benzene rings is 4. The fraction of sp³-hybridized carbons (Fsp3) is 0.370. The summed E-state index contributed by atoms with van der Waals surface area (Å²) >= 11 is 0. The second-order valence-electron chi connectivity index (χ2n) is 15.2. The molecule has 2 aliphatic carbocycles. The molecule has 0 radical (unpaired) electrons. The Labute approximate surface area is 317 Å². The Morgan fingerprint density at radius 3 is 2.11 bits per heavy atom. The average Bonchev–Trinajstić information content (AvgIpc) is 4.14. The van der Waals surface area contributed by atoms with E-state index in [0.717, 1.165) is 90.5 Å². The number of hydrogen-bond acceptors (Lipinski definition) is 6. The molecule has 280 valence electrons. The Morgan fingerprint density at radius 2 is 1.41 bits per heavy atom. The molecule has 54 heavy (non-hydrogen) atoms. The topological polar surface area (TPSA) is 47.1 Å². The van der Waals surface area contributed by atoms with Crippen molar-refractivity contribution in [2.45, 2.75) is 76.4 Å². The molecule has 0 spiro atoms. The van der Waals surface area contributed by atoms with Crippen molar-refractivity contribution in [2.75, 3.05) is 39.3 Å². The van der Waals surface area contributed by atoms with Crippen molar-refractivity contribution in [3.63, 3.8) is 0 Å². The van der Waals surface area contributed by atoms with Gasteiger partial charge in [0.05, 0.1) is 27.0 Å². The average molecular weight is 730 g/mol. The number of nitrogens with zero attached hydrogens (tertiary/aromatic N) is 3. The molecular formula is C46H49F2N3O3. The molecule has 4 aromatic carbocycles. The van der Waals surface area contributed by atoms with Gasteiger partial charge in [-0.05, 0) is 145 Å². The number of anilines is 1. The zero-order chi connectivity index (χ0) is 37.3. The molecule has 0 amide bonds. The summed E-state index contributed by atoms with van der Waals surface area (Å²) in [7, 11) is 5.12. The summed E-state index contributed by atoms with van der Waals surface area (Å²) in [6.07, 6.45) is 8.48. The number of halogens is 2. The van der Waals surface area contributed by atoms with E-state index in [0.29, 0.717) is 24.1 Å². The largest absolute Gasteiger partial charge is 0.496 e. The van der Waals surface area contributed by atoms with Crippen molar-refractivity contribution in [3.05, 3.63) is 125 Å². The molecule has 8 heteroatoms. The van der Waals surface area contributed by atoms with Gasteiger partial charge < -0.3 is 19.1 Å². The lowest BCUT2D eigenvalue weighted by Gasteiger charge is -2.40. The lowest BCUT2D eigenvalue weighted by molar-refractivity contribution is 0.201. The minimum atomic E-state index is -0.833. The third-order valence-corrected chi connectivity index (χ3v) is 11.5. The van der Waals surface area contributed by atoms with Gasteiger partial charge in [0, 0.05) is 61.3 Å². The third-order valence-electron chi connectivity index (χ3n) is 11.5. The number of ether oxygens (including phenoxy) is 3. The summed E-state index contributed by atoms with van der Waals surface area (Å²) in [5.74, 6) is 1.92. The maximum atomic E-state index is 14.7. The quantitative estimate of drug-likeness (QED) is 0.120. The summed E-state index contributed by atoms with van der Waals surface area (Å²) in [5.41, 5.74) is 11.0. The number of likely N-dealkylation sites (tertiary alicyclic amines) is 1. The van der Waals surface area contributed by atoms with Gasteiger partial charge in [0.25, 0.3) is 0 Å². The first kappa shape index (κ1) is 36.0. The molecule has 1 aromatic heterocycles. The van der Waals surface area contributed by atoms with Gasteiger partial charge in [-0.1, -0.05) is 18.2 Å². The van der Waals surface area contributed by atoms with Crippen LogP contribution in [-0.4, -0.2) is 50.3 Å². The second kappa shape index (κ2) is 15.4. The van der Waals surface area contributed by atoms with Crippen LogP contribution in [0.2, 0.25) is 0 Å². The first-order chi connectivity index (χ1) is 26.3. The molecule has 0 N–H and O–H groups in total. The Morgan fingerprint density at radius 1 is 0.685 bits per heavy atom. The van der Waals surface area contributed by atoms with E-state index >= 15 is 0 Å². The van der Waals surface area contributed by atoms with Crippen LogP contribution in [0.25, 0.3) is 22.4 Å². The molecule has 8 rings (SSSR count). The molecule has 3 fully saturated rings. The summed E-state index contributed by atoms with van der Waals surface area (Å²) < 4.78 is 46.1. The van der Waals surface area contributed by atoms with E-state index in [1.54, 1.807) is 27.4 Å². The summed E-state index contributed by atoms with van der Waals surface area (Å²) in [6.45, 7) is 5.33. The van der Waals surface area contributed by atoms with E-state index in [-0.39, 0.29) is 6.04 Å². The Balaban J connectivity index is 0.999. The van der Waals surface area contributed by atoms with Crippen molar-refractivity contribution in [2.24, 2.45) is 0 Å². The van der Waals surface area contributed by atoms with Crippen molar-refractivity contribution in [3.8, 4) is 39.6 Å². The van der Waals surface area contributed by atoms with Gasteiger partial charge in [-0.25, -0.2) is 8.78 Å². The zero-order valence-electron chi connectivity index (χ0n) is 31.7. The van der Waals surface area contributed by atoms with Crippen LogP contribution >= 0.6 is 0 Å². The summed E-state index contributed by atoms with van der Waals surface area (Å²) in [4.78, 5) is 9.50. The highest BCUT2D eigenvalue weighted by Crippen LogP contribution is 2.49. The molecule has 0 atom stereocenters. The number of rotatable bonds is 13. The number of methoxy groups -OCH3 is 3. The monoisotopic (exact) mass is 729 g/mol. The maximum absolute atomic E-state index is 14.7. The number of aromatic nitrogens is 1. The molecule has 0 bridgehead atoms. The van der Waals surface area contributed by atoms with Crippen LogP contribution in [0.4, 0.5) is 14.5 Å². The number of piperidine rings is 1. The predicted molar refractivity (Wildman–Crippen MR) is 211 cm³/mol. The van der Waals surface area contributed by atoms with Gasteiger partial charge in [-0.2, -0.15) is 0 Å². The minimum Gasteiger partial charge on any atom is -0.496 e. The normalized spacial score (nSPS) is 16.3. The lowest BCUT2D eigenvalue weighted by Crippen LogP contribution is -2.44. The summed E-state index contributed by atoms with van der Waals surface area (Å²) in [5, 5.41) is 0. The molecule has 3 aliphatic rings. The number of hydrogen-bond donors (Lipinski definition) is 0. The van der Waals surface area contributed by atoms with E-state index in [9.17, 15) is 8.78 Å². The van der Waals surface area contributed by atoms with Crippen LogP contribution in [0.3, 0.4) is 0 Å². The van der Waals surface area contributed by atoms with Gasteiger partial charge in [-0.3, -0.25) is 9.88 Å². The Hall–Kier alpha value is -4.95. The molecule has 0 unspecified atom stereocenters. The Bertz CT molecular complexity index is 2140. The SMILES string of the molecule is COc1cc(-c2cc(CN3CCC(N(Cc4cccc(-c5cc(OC)c(OC)c(C6CC6)c5)c4)c4ccc(F)c(F)c4)CC3)ccn2)cc(C2CC2)c1C. The molecule has 5 aromatic rings. The lowest BCUT2D eigenvalue weighted by atomic mass is 9.96. The Kier molecular flexibility index (Phi) is 10.3. The standard InChI is InChI=1S/C46H49F2N3O3/c1-29-39(32-8-9-32)23-36(25-44(29)52-2)43-21-31(14-17-49-43)27-50-18-15-37(16-19-50)51(38-12-13-41(47)42(48)26-38)28-30-6-5-7-34(20-30)35-22-40(33-10-11-33)46(54-4)45(24-35)53-3/h5-7,12-14,17,20-26,32-33,37H,8-11,15-16,18-19,27-28H2,1-4H3. The molecule has 1 saturated heterocycles. The van der Waals surface area contributed by atoms with E-state index < -0.39 is 11.6 Å². The van der Waals surface area contributed by atoms with Crippen LogP contribution in [0.15, 0.2) is 85.1 Å². The van der Waals surface area contributed by atoms with Gasteiger partial charge in [0.15, 0.2) is 23.1 Å².